The molecule has 4 rings (SSSR count). The molecule has 1 aliphatic carbocycles. The van der Waals surface area contributed by atoms with Gasteiger partial charge in [-0.2, -0.15) is 0 Å². The van der Waals surface area contributed by atoms with Gasteiger partial charge in [-0.1, -0.05) is 0 Å². The van der Waals surface area contributed by atoms with E-state index in [1.54, 1.807) is 21.4 Å². The average molecular weight is 374 g/mol. The molecule has 0 aromatic carbocycles. The third-order valence-electron chi connectivity index (χ3n) is 5.37. The van der Waals surface area contributed by atoms with Gasteiger partial charge in [-0.05, 0) is 12.8 Å². The summed E-state index contributed by atoms with van der Waals surface area (Å²) in [4.78, 5) is 57.4. The first-order valence-corrected chi connectivity index (χ1v) is 9.06. The molecule has 1 saturated heterocycles. The van der Waals surface area contributed by atoms with Crippen molar-refractivity contribution in [1.29, 1.82) is 0 Å². The van der Waals surface area contributed by atoms with Gasteiger partial charge >= 0.3 is 5.69 Å². The Hall–Kier alpha value is -2.91. The molecule has 0 radical (unpaired) electrons. The molecule has 1 aliphatic heterocycles. The monoisotopic (exact) mass is 374 g/mol. The Morgan fingerprint density at radius 2 is 1.70 bits per heavy atom. The highest BCUT2D eigenvalue weighted by molar-refractivity contribution is 5.82. The van der Waals surface area contributed by atoms with Crippen LogP contribution in [0.5, 0.6) is 0 Å². The van der Waals surface area contributed by atoms with Gasteiger partial charge in [0.2, 0.25) is 11.8 Å². The third-order valence-corrected chi connectivity index (χ3v) is 5.37. The van der Waals surface area contributed by atoms with E-state index in [1.165, 1.54) is 17.9 Å². The Bertz CT molecular complexity index is 1040. The highest BCUT2D eigenvalue weighted by atomic mass is 16.2. The van der Waals surface area contributed by atoms with Gasteiger partial charge in [0.15, 0.2) is 11.2 Å². The van der Waals surface area contributed by atoms with Crippen LogP contribution in [0.3, 0.4) is 0 Å². The standard InChI is InChI=1S/C17H22N6O4/c1-19-10-18-14-13(19)16(26)23(17(27)20(14)2)9-12(24)21-5-7-22(8-6-21)15(25)11-3-4-11/h10-11H,3-9H2,1-2H3. The van der Waals surface area contributed by atoms with Gasteiger partial charge in [0.05, 0.1) is 6.33 Å². The van der Waals surface area contributed by atoms with Crippen molar-refractivity contribution >= 4 is 23.0 Å². The van der Waals surface area contributed by atoms with E-state index in [-0.39, 0.29) is 29.8 Å². The average Bonchev–Trinajstić information content (AvgIpc) is 3.45. The number of carbonyl (C=O) groups excluding carboxylic acids is 2. The van der Waals surface area contributed by atoms with Crippen LogP contribution in [0.4, 0.5) is 0 Å². The minimum atomic E-state index is -0.568. The third kappa shape index (κ3) is 2.94. The first-order chi connectivity index (χ1) is 12.9. The Morgan fingerprint density at radius 1 is 1.07 bits per heavy atom. The van der Waals surface area contributed by atoms with Crippen LogP contribution in [0.2, 0.25) is 0 Å². The molecular formula is C17H22N6O4. The van der Waals surface area contributed by atoms with Gasteiger partial charge in [-0.25, -0.2) is 14.3 Å². The summed E-state index contributed by atoms with van der Waals surface area (Å²) in [6, 6.07) is 0. The van der Waals surface area contributed by atoms with Crippen molar-refractivity contribution in [1.82, 2.24) is 28.5 Å². The topological polar surface area (TPSA) is 102 Å². The number of carbonyl (C=O) groups is 2. The van der Waals surface area contributed by atoms with Crippen molar-refractivity contribution in [3.63, 3.8) is 0 Å². The maximum Gasteiger partial charge on any atom is 0.332 e. The van der Waals surface area contributed by atoms with E-state index in [0.29, 0.717) is 31.8 Å². The van der Waals surface area contributed by atoms with E-state index in [4.69, 9.17) is 0 Å². The predicted octanol–water partition coefficient (Wildman–Crippen LogP) is -1.49. The van der Waals surface area contributed by atoms with Crippen molar-refractivity contribution in [2.24, 2.45) is 20.0 Å². The van der Waals surface area contributed by atoms with Crippen LogP contribution in [0.1, 0.15) is 12.8 Å². The molecule has 0 bridgehead atoms. The Balaban J connectivity index is 1.52. The first-order valence-electron chi connectivity index (χ1n) is 9.06. The van der Waals surface area contributed by atoms with Gasteiger partial charge in [0, 0.05) is 46.2 Å². The number of hydrogen-bond acceptors (Lipinski definition) is 5. The molecule has 2 aromatic rings. The fraction of sp³-hybridized carbons (Fsp3) is 0.588. The Morgan fingerprint density at radius 3 is 2.33 bits per heavy atom. The minimum Gasteiger partial charge on any atom is -0.339 e. The number of aromatic nitrogens is 4. The predicted molar refractivity (Wildman–Crippen MR) is 96.1 cm³/mol. The van der Waals surface area contributed by atoms with Gasteiger partial charge < -0.3 is 14.4 Å². The lowest BCUT2D eigenvalue weighted by molar-refractivity contribution is -0.140. The lowest BCUT2D eigenvalue weighted by Gasteiger charge is -2.35. The van der Waals surface area contributed by atoms with Crippen LogP contribution in [0, 0.1) is 5.92 Å². The van der Waals surface area contributed by atoms with Gasteiger partial charge in [0.1, 0.15) is 6.54 Å². The van der Waals surface area contributed by atoms with Crippen LogP contribution in [0.25, 0.3) is 11.2 Å². The molecule has 2 fully saturated rings. The van der Waals surface area contributed by atoms with Crippen molar-refractivity contribution < 1.29 is 9.59 Å². The second kappa shape index (κ2) is 6.36. The fourth-order valence-electron chi connectivity index (χ4n) is 3.54. The summed E-state index contributed by atoms with van der Waals surface area (Å²) in [5, 5.41) is 0. The second-order valence-corrected chi connectivity index (χ2v) is 7.24. The molecule has 10 nitrogen and oxygen atoms in total. The van der Waals surface area contributed by atoms with E-state index in [0.717, 1.165) is 17.4 Å². The molecule has 10 heteroatoms. The molecule has 0 unspecified atom stereocenters. The summed E-state index contributed by atoms with van der Waals surface area (Å²) in [7, 11) is 3.20. The molecule has 3 heterocycles. The molecule has 0 N–H and O–H groups in total. The van der Waals surface area contributed by atoms with Crippen LogP contribution in [0.15, 0.2) is 15.9 Å². The lowest BCUT2D eigenvalue weighted by atomic mass is 10.2. The molecule has 0 atom stereocenters. The molecule has 2 aliphatic rings. The normalized spacial score (nSPS) is 17.6. The molecule has 1 saturated carbocycles. The lowest BCUT2D eigenvalue weighted by Crippen LogP contribution is -2.53. The Kier molecular flexibility index (Phi) is 4.12. The molecular weight excluding hydrogens is 352 g/mol. The van der Waals surface area contributed by atoms with E-state index in [1.807, 2.05) is 0 Å². The summed E-state index contributed by atoms with van der Waals surface area (Å²) in [5.74, 6) is 0.0440. The highest BCUT2D eigenvalue weighted by Gasteiger charge is 2.35. The molecule has 0 spiro atoms. The number of piperazine rings is 1. The number of hydrogen-bond donors (Lipinski definition) is 0. The van der Waals surface area contributed by atoms with E-state index >= 15 is 0 Å². The van der Waals surface area contributed by atoms with Crippen LogP contribution < -0.4 is 11.2 Å². The van der Waals surface area contributed by atoms with E-state index in [2.05, 4.69) is 4.98 Å². The number of aryl methyl sites for hydroxylation is 2. The molecule has 144 valence electrons. The first kappa shape index (κ1) is 17.5. The van der Waals surface area contributed by atoms with Crippen LogP contribution in [-0.4, -0.2) is 66.5 Å². The Labute approximate surface area is 154 Å². The number of nitrogens with zero attached hydrogens (tertiary/aromatic N) is 6. The summed E-state index contributed by atoms with van der Waals surface area (Å²) in [6.45, 7) is 1.51. The summed E-state index contributed by atoms with van der Waals surface area (Å²) >= 11 is 0. The summed E-state index contributed by atoms with van der Waals surface area (Å²) in [5.41, 5.74) is -0.515. The van der Waals surface area contributed by atoms with Gasteiger partial charge in [-0.3, -0.25) is 19.0 Å². The second-order valence-electron chi connectivity index (χ2n) is 7.24. The zero-order chi connectivity index (χ0) is 19.3. The zero-order valence-corrected chi connectivity index (χ0v) is 15.4. The number of rotatable bonds is 3. The smallest absolute Gasteiger partial charge is 0.332 e. The summed E-state index contributed by atoms with van der Waals surface area (Å²) < 4.78 is 3.77. The maximum atomic E-state index is 12.7. The number of imidazole rings is 1. The van der Waals surface area contributed by atoms with E-state index < -0.39 is 11.2 Å². The quantitative estimate of drug-likeness (QED) is 0.652. The van der Waals surface area contributed by atoms with E-state index in [9.17, 15) is 19.2 Å². The van der Waals surface area contributed by atoms with Crippen LogP contribution in [-0.2, 0) is 30.2 Å². The van der Waals surface area contributed by atoms with Gasteiger partial charge in [0.25, 0.3) is 5.56 Å². The zero-order valence-electron chi connectivity index (χ0n) is 15.4. The fourth-order valence-corrected chi connectivity index (χ4v) is 3.54. The molecule has 27 heavy (non-hydrogen) atoms. The van der Waals surface area contributed by atoms with Crippen molar-refractivity contribution in [2.75, 3.05) is 26.2 Å². The highest BCUT2D eigenvalue weighted by Crippen LogP contribution is 2.31. The maximum absolute atomic E-state index is 12.7. The van der Waals surface area contributed by atoms with Crippen molar-refractivity contribution in [3.05, 3.63) is 27.2 Å². The van der Waals surface area contributed by atoms with Crippen LogP contribution >= 0.6 is 0 Å². The minimum absolute atomic E-state index is 0.166. The molecule has 2 aromatic heterocycles. The van der Waals surface area contributed by atoms with Crippen molar-refractivity contribution in [2.45, 2.75) is 19.4 Å². The largest absolute Gasteiger partial charge is 0.339 e. The SMILES string of the molecule is Cn1cnc2c1c(=O)n(CC(=O)N1CCN(C(=O)C3CC3)CC1)c(=O)n2C. The number of fused-ring (bicyclic) bond motifs is 1. The van der Waals surface area contributed by atoms with Crippen molar-refractivity contribution in [3.8, 4) is 0 Å². The summed E-state index contributed by atoms with van der Waals surface area (Å²) in [6.07, 6.45) is 3.38. The van der Waals surface area contributed by atoms with Gasteiger partial charge in [-0.15, -0.1) is 0 Å². The number of amides is 2. The molecule has 2 amide bonds.